The Hall–Kier alpha value is -4.63. The van der Waals surface area contributed by atoms with Crippen molar-refractivity contribution in [2.24, 2.45) is 9.98 Å². The van der Waals surface area contributed by atoms with Crippen molar-refractivity contribution in [1.29, 1.82) is 0 Å². The van der Waals surface area contributed by atoms with Crippen molar-refractivity contribution in [2.75, 3.05) is 0 Å². The summed E-state index contributed by atoms with van der Waals surface area (Å²) in [7, 11) is 0. The highest BCUT2D eigenvalue weighted by Gasteiger charge is 2.05. The molecule has 0 unspecified atom stereocenters. The number of hydrogen-bond acceptors (Lipinski definition) is 2. The lowest BCUT2D eigenvalue weighted by molar-refractivity contribution is 1.41. The van der Waals surface area contributed by atoms with Crippen molar-refractivity contribution < 1.29 is 0 Å². The molecule has 5 aromatic rings. The molecule has 3 heteroatoms. The molecule has 0 saturated carbocycles. The zero-order valence-electron chi connectivity index (χ0n) is 19.5. The Labute approximate surface area is 205 Å². The van der Waals surface area contributed by atoms with Crippen LogP contribution in [-0.4, -0.2) is 17.0 Å². The number of aromatic nitrogens is 1. The van der Waals surface area contributed by atoms with E-state index >= 15 is 0 Å². The number of pyridine rings is 1. The lowest BCUT2D eigenvalue weighted by atomic mass is 10.0. The fourth-order valence-electron chi connectivity index (χ4n) is 3.90. The summed E-state index contributed by atoms with van der Waals surface area (Å²) >= 11 is 0. The van der Waals surface area contributed by atoms with E-state index in [0.29, 0.717) is 5.84 Å². The molecular formula is C32H25N3. The first-order chi connectivity index (χ1) is 17.3. The third-order valence-electron chi connectivity index (χ3n) is 5.77. The minimum absolute atomic E-state index is 0.672. The lowest BCUT2D eigenvalue weighted by Gasteiger charge is -2.06. The number of hydrogen-bond donors (Lipinski definition) is 0. The normalized spacial score (nSPS) is 12.4. The molecular weight excluding hydrogens is 426 g/mol. The predicted molar refractivity (Wildman–Crippen MR) is 148 cm³/mol. The van der Waals surface area contributed by atoms with Crippen LogP contribution in [0.3, 0.4) is 0 Å². The van der Waals surface area contributed by atoms with Crippen LogP contribution in [0.2, 0.25) is 0 Å². The fourth-order valence-corrected chi connectivity index (χ4v) is 3.90. The highest BCUT2D eigenvalue weighted by atomic mass is 14.9. The quantitative estimate of drug-likeness (QED) is 0.198. The maximum absolute atomic E-state index is 4.92. The van der Waals surface area contributed by atoms with Gasteiger partial charge in [-0.25, -0.2) is 9.98 Å². The molecule has 168 valence electrons. The molecule has 0 fully saturated rings. The second-order valence-electron chi connectivity index (χ2n) is 8.14. The monoisotopic (exact) mass is 451 g/mol. The highest BCUT2D eigenvalue weighted by Crippen LogP contribution is 2.23. The Morgan fingerprint density at radius 1 is 0.686 bits per heavy atom. The Morgan fingerprint density at radius 2 is 1.34 bits per heavy atom. The first-order valence-corrected chi connectivity index (χ1v) is 11.7. The van der Waals surface area contributed by atoms with Crippen molar-refractivity contribution in [2.45, 2.75) is 6.92 Å². The van der Waals surface area contributed by atoms with E-state index < -0.39 is 0 Å². The molecule has 0 spiro atoms. The molecule has 1 aromatic heterocycles. The Balaban J connectivity index is 1.44. The Bertz CT molecular complexity index is 1510. The second kappa shape index (κ2) is 10.5. The molecule has 0 aliphatic carbocycles. The second-order valence-corrected chi connectivity index (χ2v) is 8.14. The van der Waals surface area contributed by atoms with E-state index in [1.807, 2.05) is 92.1 Å². The summed E-state index contributed by atoms with van der Waals surface area (Å²) in [4.78, 5) is 14.3. The van der Waals surface area contributed by atoms with Gasteiger partial charge in [-0.3, -0.25) is 4.98 Å². The van der Waals surface area contributed by atoms with Gasteiger partial charge < -0.3 is 0 Å². The smallest absolute Gasteiger partial charge is 0.159 e. The highest BCUT2D eigenvalue weighted by molar-refractivity contribution is 6.07. The molecule has 0 atom stereocenters. The number of nitrogens with zero attached hydrogens (tertiary/aromatic N) is 3. The maximum atomic E-state index is 4.92. The molecule has 0 amide bonds. The number of amidine groups is 1. The van der Waals surface area contributed by atoms with Crippen LogP contribution in [0.1, 0.15) is 23.6 Å². The molecule has 5 rings (SSSR count). The largest absolute Gasteiger partial charge is 0.256 e. The summed E-state index contributed by atoms with van der Waals surface area (Å²) in [6, 6.07) is 38.9. The van der Waals surface area contributed by atoms with E-state index in [1.165, 1.54) is 0 Å². The first-order valence-electron chi connectivity index (χ1n) is 11.7. The van der Waals surface area contributed by atoms with Gasteiger partial charge in [0.1, 0.15) is 0 Å². The van der Waals surface area contributed by atoms with Crippen molar-refractivity contribution in [3.8, 4) is 11.1 Å². The van der Waals surface area contributed by atoms with Crippen molar-refractivity contribution in [3.05, 3.63) is 144 Å². The van der Waals surface area contributed by atoms with Crippen LogP contribution in [0.15, 0.2) is 138 Å². The van der Waals surface area contributed by atoms with Crippen LogP contribution in [0.4, 0.5) is 0 Å². The van der Waals surface area contributed by atoms with Gasteiger partial charge in [0.2, 0.25) is 0 Å². The number of benzene rings is 4. The van der Waals surface area contributed by atoms with Gasteiger partial charge in [-0.05, 0) is 35.7 Å². The molecule has 0 radical (unpaired) electrons. The number of allylic oxidation sites excluding steroid dienone is 1. The minimum Gasteiger partial charge on any atom is -0.256 e. The molecule has 3 nitrogen and oxygen atoms in total. The lowest BCUT2D eigenvalue weighted by Crippen LogP contribution is -1.99. The summed E-state index contributed by atoms with van der Waals surface area (Å²) in [5.74, 6) is 0.672. The molecule has 0 aliphatic rings. The Kier molecular flexibility index (Phi) is 6.67. The van der Waals surface area contributed by atoms with Crippen LogP contribution in [0.5, 0.6) is 0 Å². The van der Waals surface area contributed by atoms with E-state index in [1.54, 1.807) is 0 Å². The van der Waals surface area contributed by atoms with Crippen LogP contribution in [-0.2, 0) is 0 Å². The van der Waals surface area contributed by atoms with Crippen LogP contribution in [0.25, 0.3) is 27.7 Å². The number of rotatable bonds is 5. The van der Waals surface area contributed by atoms with Crippen LogP contribution >= 0.6 is 0 Å². The van der Waals surface area contributed by atoms with E-state index in [0.717, 1.165) is 44.4 Å². The molecule has 1 heterocycles. The van der Waals surface area contributed by atoms with Gasteiger partial charge in [0.05, 0.1) is 11.2 Å². The van der Waals surface area contributed by atoms with Gasteiger partial charge in [-0.1, -0.05) is 109 Å². The zero-order valence-corrected chi connectivity index (χ0v) is 19.5. The maximum Gasteiger partial charge on any atom is 0.159 e. The molecule has 0 saturated heterocycles. The summed E-state index contributed by atoms with van der Waals surface area (Å²) in [5, 5.41) is 1.14. The molecule has 0 N–H and O–H groups in total. The van der Waals surface area contributed by atoms with E-state index in [2.05, 4.69) is 53.5 Å². The van der Waals surface area contributed by atoms with Gasteiger partial charge in [0.25, 0.3) is 0 Å². The fraction of sp³-hybridized carbons (Fsp3) is 0.0312. The molecule has 0 bridgehead atoms. The summed E-state index contributed by atoms with van der Waals surface area (Å²) < 4.78 is 0. The van der Waals surface area contributed by atoms with Crippen LogP contribution in [0, 0.1) is 0 Å². The summed E-state index contributed by atoms with van der Waals surface area (Å²) in [5.41, 5.74) is 7.15. The van der Waals surface area contributed by atoms with Gasteiger partial charge >= 0.3 is 0 Å². The van der Waals surface area contributed by atoms with Gasteiger partial charge in [-0.2, -0.15) is 0 Å². The summed E-state index contributed by atoms with van der Waals surface area (Å²) in [6.45, 7) is 2.00. The zero-order chi connectivity index (χ0) is 23.9. The average Bonchev–Trinajstić information content (AvgIpc) is 2.94. The van der Waals surface area contributed by atoms with Crippen LogP contribution < -0.4 is 0 Å². The average molecular weight is 452 g/mol. The number of fused-ring (bicyclic) bond motifs is 1. The van der Waals surface area contributed by atoms with Crippen molar-refractivity contribution in [1.82, 2.24) is 4.98 Å². The van der Waals surface area contributed by atoms with Gasteiger partial charge in [-0.15, -0.1) is 0 Å². The first kappa shape index (κ1) is 22.2. The third kappa shape index (κ3) is 5.31. The number of para-hydroxylation sites is 1. The predicted octanol–water partition coefficient (Wildman–Crippen LogP) is 7.83. The topological polar surface area (TPSA) is 37.6 Å². The molecule has 35 heavy (non-hydrogen) atoms. The minimum atomic E-state index is 0.672. The van der Waals surface area contributed by atoms with E-state index in [-0.39, 0.29) is 0 Å². The summed E-state index contributed by atoms with van der Waals surface area (Å²) in [6.07, 6.45) is 5.81. The number of aliphatic imine (C=N–C) groups is 2. The third-order valence-corrected chi connectivity index (χ3v) is 5.77. The van der Waals surface area contributed by atoms with E-state index in [4.69, 9.17) is 9.98 Å². The molecule has 0 aliphatic heterocycles. The standard InChI is InChI=1S/C32H25N3/c1-2-30(26-11-5-3-6-12-26)35-32(27-13-7-4-8-14-27)34-22-24-17-19-25(20-18-24)29-21-28-15-9-10-16-31(28)33-23-29/h2-23H,1H3/b30-2-,34-22+,35-32-. The van der Waals surface area contributed by atoms with Crippen molar-refractivity contribution >= 4 is 28.7 Å². The molecule has 4 aromatic carbocycles. The van der Waals surface area contributed by atoms with Crippen molar-refractivity contribution in [3.63, 3.8) is 0 Å². The Morgan fingerprint density at radius 3 is 2.06 bits per heavy atom. The van der Waals surface area contributed by atoms with E-state index in [9.17, 15) is 0 Å². The van der Waals surface area contributed by atoms with Gasteiger partial charge in [0.15, 0.2) is 5.84 Å². The SMILES string of the molecule is C\C=C(/N=C(\N=C\c1ccc(-c2cnc3ccccc3c2)cc1)c1ccccc1)c1ccccc1. The van der Waals surface area contributed by atoms with Gasteiger partial charge in [0, 0.05) is 28.9 Å².